The van der Waals surface area contributed by atoms with Gasteiger partial charge in [-0.25, -0.2) is 0 Å². The molecule has 9 heteroatoms. The Morgan fingerprint density at radius 1 is 1.03 bits per heavy atom. The zero-order valence-electron chi connectivity index (χ0n) is 15.8. The van der Waals surface area contributed by atoms with E-state index in [-0.39, 0.29) is 19.3 Å². The Morgan fingerprint density at radius 2 is 1.90 bits per heavy atom. The maximum absolute atomic E-state index is 12.3. The number of aromatic nitrogens is 4. The third-order valence-electron chi connectivity index (χ3n) is 4.54. The largest absolute Gasteiger partial charge is 0.475 e. The van der Waals surface area contributed by atoms with Crippen molar-refractivity contribution in [1.82, 2.24) is 25.1 Å². The number of rotatable bonds is 6. The van der Waals surface area contributed by atoms with Crippen LogP contribution in [0.3, 0.4) is 0 Å². The number of hydrogen-bond acceptors (Lipinski definition) is 7. The monoisotopic (exact) mass is 403 g/mol. The van der Waals surface area contributed by atoms with E-state index < -0.39 is 0 Å². The highest BCUT2D eigenvalue weighted by Crippen LogP contribution is 2.32. The first-order valence-electron chi connectivity index (χ1n) is 9.36. The van der Waals surface area contributed by atoms with Gasteiger partial charge in [-0.1, -0.05) is 30.3 Å². The molecule has 3 heterocycles. The lowest BCUT2D eigenvalue weighted by Crippen LogP contribution is -2.28. The third kappa shape index (κ3) is 3.48. The normalized spacial score (nSPS) is 12.1. The second-order valence-electron chi connectivity index (χ2n) is 6.50. The number of carbonyl (C=O) groups is 1. The smallest absolute Gasteiger partial charge is 0.251 e. The summed E-state index contributed by atoms with van der Waals surface area (Å²) in [5, 5.41) is 15.6. The molecule has 0 bridgehead atoms. The Balaban J connectivity index is 1.21. The Kier molecular flexibility index (Phi) is 4.60. The summed E-state index contributed by atoms with van der Waals surface area (Å²) in [5.74, 6) is 2.04. The van der Waals surface area contributed by atoms with Crippen molar-refractivity contribution < 1.29 is 19.0 Å². The van der Waals surface area contributed by atoms with Gasteiger partial charge < -0.3 is 19.5 Å². The number of benzene rings is 2. The Bertz CT molecular complexity index is 1210. The maximum atomic E-state index is 12.3. The fraction of sp³-hybridized carbons (Fsp3) is 0.143. The summed E-state index contributed by atoms with van der Waals surface area (Å²) in [6.07, 6.45) is 0. The lowest BCUT2D eigenvalue weighted by molar-refractivity contribution is 0.0946. The molecule has 0 saturated heterocycles. The lowest BCUT2D eigenvalue weighted by atomic mass is 10.2. The zero-order valence-corrected chi connectivity index (χ0v) is 15.8. The molecule has 0 unspecified atom stereocenters. The number of fused-ring (bicyclic) bond motifs is 2. The first-order chi connectivity index (χ1) is 14.8. The number of ether oxygens (including phenoxy) is 3. The van der Waals surface area contributed by atoms with Crippen molar-refractivity contribution in [1.29, 1.82) is 0 Å². The maximum Gasteiger partial charge on any atom is 0.251 e. The van der Waals surface area contributed by atoms with E-state index in [2.05, 4.69) is 20.6 Å². The van der Waals surface area contributed by atoms with E-state index >= 15 is 0 Å². The van der Waals surface area contributed by atoms with Crippen LogP contribution in [0.5, 0.6) is 17.4 Å². The van der Waals surface area contributed by atoms with Gasteiger partial charge in [0, 0.05) is 17.2 Å². The van der Waals surface area contributed by atoms with Crippen LogP contribution in [0, 0.1) is 0 Å². The number of carbonyl (C=O) groups excluding carboxylic acids is 1. The molecular formula is C21H17N5O4. The number of nitrogens with zero attached hydrogens (tertiary/aromatic N) is 4. The van der Waals surface area contributed by atoms with Gasteiger partial charge in [0.25, 0.3) is 5.91 Å². The van der Waals surface area contributed by atoms with Crippen LogP contribution in [-0.4, -0.2) is 45.7 Å². The molecule has 2 aromatic carbocycles. The molecule has 1 N–H and O–H groups in total. The van der Waals surface area contributed by atoms with E-state index in [1.54, 1.807) is 34.8 Å². The zero-order chi connectivity index (χ0) is 20.3. The second kappa shape index (κ2) is 7.70. The Labute approximate surface area is 171 Å². The Hall–Kier alpha value is -4.14. The highest BCUT2D eigenvalue weighted by Gasteiger charge is 2.16. The molecule has 9 nitrogen and oxygen atoms in total. The van der Waals surface area contributed by atoms with Crippen LogP contribution in [0.1, 0.15) is 10.4 Å². The van der Waals surface area contributed by atoms with E-state index in [9.17, 15) is 4.79 Å². The lowest BCUT2D eigenvalue weighted by Gasteiger charge is -2.08. The van der Waals surface area contributed by atoms with Gasteiger partial charge in [0.2, 0.25) is 12.7 Å². The summed E-state index contributed by atoms with van der Waals surface area (Å²) in [6, 6.07) is 18.3. The van der Waals surface area contributed by atoms with Crippen molar-refractivity contribution in [2.45, 2.75) is 0 Å². The van der Waals surface area contributed by atoms with Gasteiger partial charge in [-0.2, -0.15) is 4.52 Å². The van der Waals surface area contributed by atoms with Crippen molar-refractivity contribution in [2.24, 2.45) is 0 Å². The van der Waals surface area contributed by atoms with Gasteiger partial charge in [0.1, 0.15) is 6.61 Å². The highest BCUT2D eigenvalue weighted by molar-refractivity contribution is 5.94. The van der Waals surface area contributed by atoms with Crippen molar-refractivity contribution in [3.63, 3.8) is 0 Å². The molecule has 0 saturated carbocycles. The minimum Gasteiger partial charge on any atom is -0.475 e. The number of nitrogens with one attached hydrogen (secondary N) is 1. The fourth-order valence-electron chi connectivity index (χ4n) is 3.08. The van der Waals surface area contributed by atoms with Crippen LogP contribution < -0.4 is 19.5 Å². The summed E-state index contributed by atoms with van der Waals surface area (Å²) in [4.78, 5) is 12.3. The predicted molar refractivity (Wildman–Crippen MR) is 107 cm³/mol. The molecule has 5 rings (SSSR count). The van der Waals surface area contributed by atoms with Crippen LogP contribution in [0.2, 0.25) is 0 Å². The second-order valence-corrected chi connectivity index (χ2v) is 6.50. The van der Waals surface area contributed by atoms with Crippen LogP contribution in [0.4, 0.5) is 0 Å². The average molecular weight is 403 g/mol. The van der Waals surface area contributed by atoms with Gasteiger partial charge in [-0.15, -0.1) is 15.3 Å². The van der Waals surface area contributed by atoms with Gasteiger partial charge in [0.05, 0.1) is 6.54 Å². The molecule has 1 aliphatic heterocycles. The van der Waals surface area contributed by atoms with Crippen LogP contribution >= 0.6 is 0 Å². The van der Waals surface area contributed by atoms with Gasteiger partial charge in [-0.3, -0.25) is 4.79 Å². The molecule has 1 amide bonds. The SMILES string of the molecule is O=C(NCCOc1ccc2nnc(-c3ccccc3)n2n1)c1ccc2c(c1)OCO2. The summed E-state index contributed by atoms with van der Waals surface area (Å²) in [7, 11) is 0. The molecule has 1 aliphatic rings. The number of amides is 1. The van der Waals surface area contributed by atoms with Gasteiger partial charge in [-0.05, 0) is 24.3 Å². The molecule has 0 spiro atoms. The Morgan fingerprint density at radius 3 is 2.80 bits per heavy atom. The first kappa shape index (κ1) is 17.9. The standard InChI is InChI=1S/C21H17N5O4/c27-21(15-6-7-16-17(12-15)30-13-29-16)22-10-11-28-19-9-8-18-23-24-20(26(18)25-19)14-4-2-1-3-5-14/h1-9,12H,10-11,13H2,(H,22,27). The van der Waals surface area contributed by atoms with E-state index in [0.717, 1.165) is 5.56 Å². The molecule has 0 fully saturated rings. The topological polar surface area (TPSA) is 99.9 Å². The summed E-state index contributed by atoms with van der Waals surface area (Å²) in [6.45, 7) is 0.752. The van der Waals surface area contributed by atoms with Crippen molar-refractivity contribution in [3.05, 3.63) is 66.2 Å². The van der Waals surface area contributed by atoms with E-state index in [1.165, 1.54) is 0 Å². The fourth-order valence-corrected chi connectivity index (χ4v) is 3.08. The molecule has 0 radical (unpaired) electrons. The highest BCUT2D eigenvalue weighted by atomic mass is 16.7. The quantitative estimate of drug-likeness (QED) is 0.493. The average Bonchev–Trinajstić information content (AvgIpc) is 3.43. The van der Waals surface area contributed by atoms with Crippen LogP contribution in [-0.2, 0) is 0 Å². The van der Waals surface area contributed by atoms with Gasteiger partial charge >= 0.3 is 0 Å². The summed E-state index contributed by atoms with van der Waals surface area (Å²) < 4.78 is 17.9. The summed E-state index contributed by atoms with van der Waals surface area (Å²) in [5.41, 5.74) is 2.03. The molecule has 4 aromatic rings. The molecule has 0 atom stereocenters. The minimum absolute atomic E-state index is 0.171. The predicted octanol–water partition coefficient (Wildman–Crippen LogP) is 2.33. The van der Waals surface area contributed by atoms with Crippen LogP contribution in [0.15, 0.2) is 60.7 Å². The molecule has 0 aliphatic carbocycles. The van der Waals surface area contributed by atoms with Crippen LogP contribution in [0.25, 0.3) is 17.0 Å². The molecule has 150 valence electrons. The van der Waals surface area contributed by atoms with Crippen molar-refractivity contribution >= 4 is 11.6 Å². The molecular weight excluding hydrogens is 386 g/mol. The third-order valence-corrected chi connectivity index (χ3v) is 4.54. The number of hydrogen-bond donors (Lipinski definition) is 1. The molecule has 30 heavy (non-hydrogen) atoms. The molecule has 2 aromatic heterocycles. The van der Waals surface area contributed by atoms with E-state index in [0.29, 0.717) is 41.0 Å². The van der Waals surface area contributed by atoms with Crippen molar-refractivity contribution in [2.75, 3.05) is 19.9 Å². The van der Waals surface area contributed by atoms with Gasteiger partial charge in [0.15, 0.2) is 23.0 Å². The minimum atomic E-state index is -0.217. The van der Waals surface area contributed by atoms with E-state index in [4.69, 9.17) is 14.2 Å². The van der Waals surface area contributed by atoms with Crippen molar-refractivity contribution in [3.8, 4) is 28.8 Å². The summed E-state index contributed by atoms with van der Waals surface area (Å²) >= 11 is 0. The first-order valence-corrected chi connectivity index (χ1v) is 9.36. The van der Waals surface area contributed by atoms with E-state index in [1.807, 2.05) is 30.3 Å².